The molecule has 1 aromatic rings. The van der Waals surface area contributed by atoms with Crippen LogP contribution in [0.25, 0.3) is 0 Å². The van der Waals surface area contributed by atoms with E-state index >= 15 is 0 Å². The summed E-state index contributed by atoms with van der Waals surface area (Å²) < 4.78 is 0. The lowest BCUT2D eigenvalue weighted by atomic mass is 10.2. The lowest BCUT2D eigenvalue weighted by molar-refractivity contribution is -0.137. The van der Waals surface area contributed by atoms with Gasteiger partial charge in [-0.3, -0.25) is 14.5 Å². The number of nitrogens with one attached hydrogen (secondary N) is 1. The summed E-state index contributed by atoms with van der Waals surface area (Å²) in [6, 6.07) is 7.38. The first-order chi connectivity index (χ1) is 10.5. The average Bonchev–Trinajstić information content (AvgIpc) is 2.49. The lowest BCUT2D eigenvalue weighted by Gasteiger charge is -2.36. The molecule has 0 radical (unpaired) electrons. The molecule has 0 spiro atoms. The second-order valence-corrected chi connectivity index (χ2v) is 6.09. The number of rotatable bonds is 4. The van der Waals surface area contributed by atoms with Gasteiger partial charge >= 0.3 is 0 Å². The molecule has 0 saturated carbocycles. The van der Waals surface area contributed by atoms with Gasteiger partial charge in [-0.15, -0.1) is 0 Å². The van der Waals surface area contributed by atoms with Crippen molar-refractivity contribution in [1.82, 2.24) is 15.1 Å². The molecule has 1 N–H and O–H groups in total. The summed E-state index contributed by atoms with van der Waals surface area (Å²) in [4.78, 5) is 27.4. The number of carbonyl (C=O) groups is 2. The third kappa shape index (κ3) is 4.71. The summed E-state index contributed by atoms with van der Waals surface area (Å²) >= 11 is 5.89. The number of halogens is 1. The van der Waals surface area contributed by atoms with Crippen molar-refractivity contribution >= 4 is 23.4 Å². The molecule has 1 aliphatic rings. The zero-order valence-electron chi connectivity index (χ0n) is 13.0. The molecular weight excluding hydrogens is 302 g/mol. The smallest absolute Gasteiger partial charge is 0.244 e. The van der Waals surface area contributed by atoms with Gasteiger partial charge < -0.3 is 10.2 Å². The second kappa shape index (κ2) is 7.61. The van der Waals surface area contributed by atoms with Crippen molar-refractivity contribution in [2.24, 2.45) is 0 Å². The third-order valence-corrected chi connectivity index (χ3v) is 4.05. The molecule has 2 rings (SSSR count). The molecule has 1 atom stereocenters. The van der Waals surface area contributed by atoms with E-state index in [4.69, 9.17) is 11.6 Å². The summed E-state index contributed by atoms with van der Waals surface area (Å²) in [6.45, 7) is 7.06. The monoisotopic (exact) mass is 323 g/mol. The average molecular weight is 324 g/mol. The third-order valence-electron chi connectivity index (χ3n) is 3.79. The molecule has 0 aromatic heterocycles. The van der Waals surface area contributed by atoms with E-state index in [1.807, 2.05) is 29.2 Å². The van der Waals surface area contributed by atoms with Crippen LogP contribution in [0.15, 0.2) is 24.3 Å². The Hall–Kier alpha value is -1.59. The van der Waals surface area contributed by atoms with Crippen molar-refractivity contribution < 1.29 is 9.59 Å². The number of carbonyl (C=O) groups excluding carboxylic acids is 2. The Balaban J connectivity index is 1.81. The molecule has 1 unspecified atom stereocenters. The van der Waals surface area contributed by atoms with E-state index in [0.29, 0.717) is 13.1 Å². The molecule has 1 aromatic carbocycles. The fraction of sp³-hybridized carbons (Fsp3) is 0.500. The highest BCUT2D eigenvalue weighted by Crippen LogP contribution is 2.13. The summed E-state index contributed by atoms with van der Waals surface area (Å²) in [6.07, 6.45) is 0. The van der Waals surface area contributed by atoms with Gasteiger partial charge in [-0.25, -0.2) is 0 Å². The maximum Gasteiger partial charge on any atom is 0.244 e. The fourth-order valence-corrected chi connectivity index (χ4v) is 2.74. The van der Waals surface area contributed by atoms with E-state index in [-0.39, 0.29) is 11.8 Å². The van der Waals surface area contributed by atoms with E-state index < -0.39 is 6.04 Å². The Morgan fingerprint density at radius 1 is 1.18 bits per heavy atom. The molecule has 22 heavy (non-hydrogen) atoms. The molecule has 1 heterocycles. The van der Waals surface area contributed by atoms with Crippen LogP contribution >= 0.6 is 11.6 Å². The van der Waals surface area contributed by atoms with Crippen LogP contribution in [0.3, 0.4) is 0 Å². The van der Waals surface area contributed by atoms with Crippen molar-refractivity contribution in [3.63, 3.8) is 0 Å². The molecule has 0 aliphatic carbocycles. The largest absolute Gasteiger partial charge is 0.345 e. The van der Waals surface area contributed by atoms with Crippen LogP contribution in [0.2, 0.25) is 5.02 Å². The quantitative estimate of drug-likeness (QED) is 0.914. The summed E-state index contributed by atoms with van der Waals surface area (Å²) in [7, 11) is 0. The molecule has 6 heteroatoms. The Kier molecular flexibility index (Phi) is 5.80. The van der Waals surface area contributed by atoms with Crippen LogP contribution in [0.5, 0.6) is 0 Å². The number of hydrogen-bond acceptors (Lipinski definition) is 3. The van der Waals surface area contributed by atoms with E-state index in [1.165, 1.54) is 12.5 Å². The lowest BCUT2D eigenvalue weighted by Crippen LogP contribution is -2.53. The maximum atomic E-state index is 12.2. The SMILES string of the molecule is CC(=O)NC(C)C(=O)N1CCN(Cc2ccc(Cl)cc2)CC1. The van der Waals surface area contributed by atoms with Gasteiger partial charge in [-0.1, -0.05) is 23.7 Å². The summed E-state index contributed by atoms with van der Waals surface area (Å²) in [5, 5.41) is 3.38. The Bertz CT molecular complexity index is 525. The van der Waals surface area contributed by atoms with Gasteiger partial charge in [0.15, 0.2) is 0 Å². The van der Waals surface area contributed by atoms with Crippen LogP contribution in [-0.2, 0) is 16.1 Å². The van der Waals surface area contributed by atoms with Crippen LogP contribution in [0.4, 0.5) is 0 Å². The van der Waals surface area contributed by atoms with Crippen molar-refractivity contribution in [2.75, 3.05) is 26.2 Å². The van der Waals surface area contributed by atoms with Gasteiger partial charge in [0.1, 0.15) is 6.04 Å². The molecule has 120 valence electrons. The molecule has 0 bridgehead atoms. The van der Waals surface area contributed by atoms with Crippen LogP contribution < -0.4 is 5.32 Å². The molecule has 1 saturated heterocycles. The zero-order valence-corrected chi connectivity index (χ0v) is 13.8. The minimum atomic E-state index is -0.458. The van der Waals surface area contributed by atoms with Crippen molar-refractivity contribution in [1.29, 1.82) is 0 Å². The van der Waals surface area contributed by atoms with Crippen LogP contribution in [0.1, 0.15) is 19.4 Å². The highest BCUT2D eigenvalue weighted by molar-refractivity contribution is 6.30. The van der Waals surface area contributed by atoms with Gasteiger partial charge in [-0.05, 0) is 24.6 Å². The summed E-state index contributed by atoms with van der Waals surface area (Å²) in [5.41, 5.74) is 1.22. The van der Waals surface area contributed by atoms with Gasteiger partial charge in [0.2, 0.25) is 11.8 Å². The Morgan fingerprint density at radius 2 is 1.77 bits per heavy atom. The first kappa shape index (κ1) is 16.8. The van der Waals surface area contributed by atoms with Crippen LogP contribution in [-0.4, -0.2) is 53.8 Å². The van der Waals surface area contributed by atoms with E-state index in [2.05, 4.69) is 10.2 Å². The number of nitrogens with zero attached hydrogens (tertiary/aromatic N) is 2. The van der Waals surface area contributed by atoms with E-state index in [9.17, 15) is 9.59 Å². The Labute approximate surface area is 136 Å². The first-order valence-electron chi connectivity index (χ1n) is 7.48. The molecule has 5 nitrogen and oxygen atoms in total. The van der Waals surface area contributed by atoms with Gasteiger partial charge in [-0.2, -0.15) is 0 Å². The minimum Gasteiger partial charge on any atom is -0.345 e. The van der Waals surface area contributed by atoms with Crippen molar-refractivity contribution in [2.45, 2.75) is 26.4 Å². The highest BCUT2D eigenvalue weighted by atomic mass is 35.5. The highest BCUT2D eigenvalue weighted by Gasteiger charge is 2.25. The number of benzene rings is 1. The van der Waals surface area contributed by atoms with Crippen molar-refractivity contribution in [3.05, 3.63) is 34.9 Å². The van der Waals surface area contributed by atoms with Gasteiger partial charge in [0.25, 0.3) is 0 Å². The normalized spacial score (nSPS) is 17.1. The molecular formula is C16H22ClN3O2. The fourth-order valence-electron chi connectivity index (χ4n) is 2.61. The minimum absolute atomic E-state index is 0.0126. The predicted octanol–water partition coefficient (Wildman–Crippen LogP) is 1.51. The first-order valence-corrected chi connectivity index (χ1v) is 7.86. The second-order valence-electron chi connectivity index (χ2n) is 5.65. The number of amides is 2. The zero-order chi connectivity index (χ0) is 16.1. The maximum absolute atomic E-state index is 12.2. The van der Waals surface area contributed by atoms with Gasteiger partial charge in [0, 0.05) is 44.7 Å². The number of piperazine rings is 1. The molecule has 1 fully saturated rings. The standard InChI is InChI=1S/C16H22ClN3O2/c1-12(18-13(2)21)16(22)20-9-7-19(8-10-20)11-14-3-5-15(17)6-4-14/h3-6,12H,7-11H2,1-2H3,(H,18,21). The summed E-state index contributed by atoms with van der Waals surface area (Å²) in [5.74, 6) is -0.191. The molecule has 1 aliphatic heterocycles. The van der Waals surface area contributed by atoms with Crippen molar-refractivity contribution in [3.8, 4) is 0 Å². The number of hydrogen-bond donors (Lipinski definition) is 1. The van der Waals surface area contributed by atoms with Crippen LogP contribution in [0, 0.1) is 0 Å². The topological polar surface area (TPSA) is 52.7 Å². The van der Waals surface area contributed by atoms with E-state index in [0.717, 1.165) is 24.7 Å². The Morgan fingerprint density at radius 3 is 2.32 bits per heavy atom. The van der Waals surface area contributed by atoms with E-state index in [1.54, 1.807) is 6.92 Å². The van der Waals surface area contributed by atoms with Gasteiger partial charge in [0.05, 0.1) is 0 Å². The predicted molar refractivity (Wildman–Crippen MR) is 86.6 cm³/mol. The molecule has 2 amide bonds.